The molecule has 1 aromatic rings. The first-order valence-corrected chi connectivity index (χ1v) is 6.62. The van der Waals surface area contributed by atoms with E-state index in [9.17, 15) is 0 Å². The van der Waals surface area contributed by atoms with Crippen molar-refractivity contribution >= 4 is 0 Å². The van der Waals surface area contributed by atoms with Crippen LogP contribution in [-0.4, -0.2) is 43.9 Å². The van der Waals surface area contributed by atoms with Crippen LogP contribution in [0.1, 0.15) is 19.5 Å². The van der Waals surface area contributed by atoms with Crippen LogP contribution in [0, 0.1) is 0 Å². The van der Waals surface area contributed by atoms with Gasteiger partial charge in [0.05, 0.1) is 13.2 Å². The molecule has 0 amide bonds. The second kappa shape index (κ2) is 6.27. The quantitative estimate of drug-likeness (QED) is 0.815. The van der Waals surface area contributed by atoms with Crippen LogP contribution in [0.25, 0.3) is 0 Å². The molecular formula is C14H23N3O. The summed E-state index contributed by atoms with van der Waals surface area (Å²) in [6.45, 7) is 8.88. The maximum absolute atomic E-state index is 5.43. The van der Waals surface area contributed by atoms with E-state index in [1.54, 1.807) is 0 Å². The summed E-state index contributed by atoms with van der Waals surface area (Å²) in [7, 11) is 0. The summed E-state index contributed by atoms with van der Waals surface area (Å²) in [5.41, 5.74) is 1.18. The van der Waals surface area contributed by atoms with Gasteiger partial charge in [0.25, 0.3) is 0 Å². The van der Waals surface area contributed by atoms with Crippen molar-refractivity contribution in [3.8, 4) is 0 Å². The fraction of sp³-hybridized carbons (Fsp3) is 0.643. The first kappa shape index (κ1) is 13.5. The first-order valence-electron chi connectivity index (χ1n) is 6.62. The summed E-state index contributed by atoms with van der Waals surface area (Å²) in [5, 5.41) is 6.95. The van der Waals surface area contributed by atoms with Crippen molar-refractivity contribution in [1.29, 1.82) is 0 Å². The maximum Gasteiger partial charge on any atom is 0.0632 e. The van der Waals surface area contributed by atoms with E-state index in [1.165, 1.54) is 0 Å². The molecule has 0 aromatic carbocycles. The molecule has 1 aliphatic heterocycles. The van der Waals surface area contributed by atoms with Crippen LogP contribution >= 0.6 is 0 Å². The normalized spacial score (nSPS) is 20.9. The van der Waals surface area contributed by atoms with Gasteiger partial charge in [0, 0.05) is 43.0 Å². The van der Waals surface area contributed by atoms with E-state index < -0.39 is 0 Å². The van der Waals surface area contributed by atoms with E-state index in [0.29, 0.717) is 6.04 Å². The number of aromatic nitrogens is 1. The van der Waals surface area contributed by atoms with Gasteiger partial charge in [-0.2, -0.15) is 0 Å². The summed E-state index contributed by atoms with van der Waals surface area (Å²) in [6.07, 6.45) is 1.85. The lowest BCUT2D eigenvalue weighted by atomic mass is 9.88. The van der Waals surface area contributed by atoms with Crippen LogP contribution in [0.2, 0.25) is 0 Å². The molecule has 0 saturated carbocycles. The van der Waals surface area contributed by atoms with Crippen LogP contribution in [-0.2, 0) is 10.2 Å². The molecule has 1 unspecified atom stereocenters. The molecule has 1 aromatic heterocycles. The average molecular weight is 249 g/mol. The third-order valence-corrected chi connectivity index (χ3v) is 3.31. The van der Waals surface area contributed by atoms with Crippen LogP contribution in [0.5, 0.6) is 0 Å². The molecule has 1 atom stereocenters. The fourth-order valence-corrected chi connectivity index (χ4v) is 2.16. The van der Waals surface area contributed by atoms with Crippen molar-refractivity contribution in [2.24, 2.45) is 0 Å². The Morgan fingerprint density at radius 3 is 3.06 bits per heavy atom. The lowest BCUT2D eigenvalue weighted by Crippen LogP contribution is -2.48. The van der Waals surface area contributed by atoms with E-state index in [4.69, 9.17) is 4.74 Å². The molecule has 18 heavy (non-hydrogen) atoms. The standard InChI is InChI=1S/C14H23N3O/c1-14(2,13-5-3-4-6-17-13)11-15-9-12-10-18-8-7-16-12/h3-6,12,15-16H,7-11H2,1-2H3. The number of pyridine rings is 1. The Hall–Kier alpha value is -0.970. The number of hydrogen-bond acceptors (Lipinski definition) is 4. The number of morpholine rings is 1. The Bertz CT molecular complexity index is 347. The van der Waals surface area contributed by atoms with Gasteiger partial charge >= 0.3 is 0 Å². The third kappa shape index (κ3) is 3.77. The number of nitrogens with zero attached hydrogens (tertiary/aromatic N) is 1. The minimum atomic E-state index is 0.0524. The third-order valence-electron chi connectivity index (χ3n) is 3.31. The second-order valence-electron chi connectivity index (χ2n) is 5.46. The SMILES string of the molecule is CC(C)(CNCC1COCCN1)c1ccccn1. The minimum absolute atomic E-state index is 0.0524. The average Bonchev–Trinajstić information content (AvgIpc) is 2.41. The topological polar surface area (TPSA) is 46.2 Å². The van der Waals surface area contributed by atoms with Crippen molar-refractivity contribution in [2.45, 2.75) is 25.3 Å². The van der Waals surface area contributed by atoms with E-state index in [-0.39, 0.29) is 5.41 Å². The zero-order valence-corrected chi connectivity index (χ0v) is 11.3. The summed E-state index contributed by atoms with van der Waals surface area (Å²) >= 11 is 0. The smallest absolute Gasteiger partial charge is 0.0632 e. The molecule has 2 N–H and O–H groups in total. The lowest BCUT2D eigenvalue weighted by Gasteiger charge is -2.28. The van der Waals surface area contributed by atoms with Crippen LogP contribution in [0.3, 0.4) is 0 Å². The molecular weight excluding hydrogens is 226 g/mol. The highest BCUT2D eigenvalue weighted by Gasteiger charge is 2.22. The van der Waals surface area contributed by atoms with Crippen LogP contribution in [0.15, 0.2) is 24.4 Å². The number of rotatable bonds is 5. The fourth-order valence-electron chi connectivity index (χ4n) is 2.16. The van der Waals surface area contributed by atoms with Crippen molar-refractivity contribution < 1.29 is 4.74 Å². The highest BCUT2D eigenvalue weighted by atomic mass is 16.5. The Labute approximate surface area is 109 Å². The van der Waals surface area contributed by atoms with Crippen molar-refractivity contribution in [2.75, 3.05) is 32.8 Å². The molecule has 100 valence electrons. The van der Waals surface area contributed by atoms with Gasteiger partial charge in [0.2, 0.25) is 0 Å². The van der Waals surface area contributed by atoms with E-state index in [2.05, 4.69) is 35.5 Å². The highest BCUT2D eigenvalue weighted by molar-refractivity contribution is 5.14. The van der Waals surface area contributed by atoms with E-state index in [1.807, 2.05) is 18.3 Å². The number of hydrogen-bond donors (Lipinski definition) is 2. The van der Waals surface area contributed by atoms with E-state index >= 15 is 0 Å². The lowest BCUT2D eigenvalue weighted by molar-refractivity contribution is 0.0763. The van der Waals surface area contributed by atoms with Gasteiger partial charge < -0.3 is 15.4 Å². The zero-order chi connectivity index (χ0) is 12.8. The summed E-state index contributed by atoms with van der Waals surface area (Å²) in [5.74, 6) is 0. The molecule has 0 spiro atoms. The Balaban J connectivity index is 1.78. The molecule has 4 nitrogen and oxygen atoms in total. The Morgan fingerprint density at radius 1 is 1.50 bits per heavy atom. The van der Waals surface area contributed by atoms with Gasteiger partial charge in [-0.25, -0.2) is 0 Å². The summed E-state index contributed by atoms with van der Waals surface area (Å²) < 4.78 is 5.43. The van der Waals surface area contributed by atoms with Gasteiger partial charge in [-0.3, -0.25) is 4.98 Å². The second-order valence-corrected chi connectivity index (χ2v) is 5.46. The van der Waals surface area contributed by atoms with Gasteiger partial charge in [0.15, 0.2) is 0 Å². The van der Waals surface area contributed by atoms with E-state index in [0.717, 1.165) is 38.5 Å². The molecule has 1 aliphatic rings. The monoisotopic (exact) mass is 249 g/mol. The molecule has 0 bridgehead atoms. The minimum Gasteiger partial charge on any atom is -0.378 e. The van der Waals surface area contributed by atoms with Gasteiger partial charge in [0.1, 0.15) is 0 Å². The highest BCUT2D eigenvalue weighted by Crippen LogP contribution is 2.19. The largest absolute Gasteiger partial charge is 0.378 e. The predicted octanol–water partition coefficient (Wildman–Crippen LogP) is 0.937. The van der Waals surface area contributed by atoms with Crippen molar-refractivity contribution in [1.82, 2.24) is 15.6 Å². The Kier molecular flexibility index (Phi) is 4.69. The molecule has 2 rings (SSSR count). The van der Waals surface area contributed by atoms with Gasteiger partial charge in [-0.05, 0) is 12.1 Å². The predicted molar refractivity (Wildman–Crippen MR) is 72.7 cm³/mol. The number of ether oxygens (including phenoxy) is 1. The molecule has 1 fully saturated rings. The van der Waals surface area contributed by atoms with Crippen molar-refractivity contribution in [3.05, 3.63) is 30.1 Å². The number of nitrogens with one attached hydrogen (secondary N) is 2. The van der Waals surface area contributed by atoms with Crippen molar-refractivity contribution in [3.63, 3.8) is 0 Å². The Morgan fingerprint density at radius 2 is 2.39 bits per heavy atom. The molecule has 4 heteroatoms. The molecule has 2 heterocycles. The van der Waals surface area contributed by atoms with Crippen LogP contribution in [0.4, 0.5) is 0 Å². The molecule has 0 radical (unpaired) electrons. The summed E-state index contributed by atoms with van der Waals surface area (Å²) in [6, 6.07) is 6.51. The first-order chi connectivity index (χ1) is 8.68. The molecule has 0 aliphatic carbocycles. The summed E-state index contributed by atoms with van der Waals surface area (Å²) in [4.78, 5) is 4.44. The van der Waals surface area contributed by atoms with Gasteiger partial charge in [-0.1, -0.05) is 19.9 Å². The molecule has 1 saturated heterocycles. The van der Waals surface area contributed by atoms with Gasteiger partial charge in [-0.15, -0.1) is 0 Å². The zero-order valence-electron chi connectivity index (χ0n) is 11.3. The van der Waals surface area contributed by atoms with Crippen LogP contribution < -0.4 is 10.6 Å². The maximum atomic E-state index is 5.43.